The number of benzene rings is 1. The van der Waals surface area contributed by atoms with Crippen LogP contribution in [0.2, 0.25) is 0 Å². The van der Waals surface area contributed by atoms with Gasteiger partial charge in [-0.05, 0) is 48.8 Å². The smallest absolute Gasteiger partial charge is 0.310 e. The highest BCUT2D eigenvalue weighted by molar-refractivity contribution is 5.76. The second-order valence-electron chi connectivity index (χ2n) is 4.90. The van der Waals surface area contributed by atoms with Crippen molar-refractivity contribution in [2.75, 3.05) is 0 Å². The monoisotopic (exact) mass is 244 g/mol. The lowest BCUT2D eigenvalue weighted by molar-refractivity contribution is -0.138. The zero-order valence-electron chi connectivity index (χ0n) is 10.9. The van der Waals surface area contributed by atoms with E-state index in [0.717, 1.165) is 12.0 Å². The summed E-state index contributed by atoms with van der Waals surface area (Å²) in [6, 6.07) is 8.07. The Bertz CT molecular complexity index is 443. The quantitative estimate of drug-likeness (QED) is 0.860. The summed E-state index contributed by atoms with van der Waals surface area (Å²) in [5.74, 6) is -1.11. The number of hydrogen-bond acceptors (Lipinski definition) is 1. The van der Waals surface area contributed by atoms with Gasteiger partial charge in [-0.1, -0.05) is 37.3 Å². The maximum absolute atomic E-state index is 11.1. The van der Waals surface area contributed by atoms with Crippen molar-refractivity contribution in [3.8, 4) is 0 Å². The topological polar surface area (TPSA) is 37.3 Å². The molecule has 0 fully saturated rings. The van der Waals surface area contributed by atoms with Gasteiger partial charge >= 0.3 is 5.97 Å². The second-order valence-corrected chi connectivity index (χ2v) is 4.90. The molecule has 0 spiro atoms. The first-order valence-electron chi connectivity index (χ1n) is 6.74. The minimum atomic E-state index is -0.734. The standard InChI is InChI=1S/C16H20O2/c1-2-15(16(17)18)14-10-8-13(9-11-14)12-6-4-3-5-7-12/h6,8-11,15H,2-5,7H2,1H3,(H,17,18). The lowest BCUT2D eigenvalue weighted by atomic mass is 9.91. The van der Waals surface area contributed by atoms with Gasteiger partial charge in [0.1, 0.15) is 0 Å². The Morgan fingerprint density at radius 2 is 2.00 bits per heavy atom. The van der Waals surface area contributed by atoms with Gasteiger partial charge in [0.15, 0.2) is 0 Å². The number of carbonyl (C=O) groups is 1. The van der Waals surface area contributed by atoms with Gasteiger partial charge in [0, 0.05) is 0 Å². The molecule has 0 heterocycles. The molecule has 2 nitrogen and oxygen atoms in total. The van der Waals surface area contributed by atoms with E-state index in [9.17, 15) is 4.79 Å². The van der Waals surface area contributed by atoms with Crippen LogP contribution >= 0.6 is 0 Å². The summed E-state index contributed by atoms with van der Waals surface area (Å²) >= 11 is 0. The van der Waals surface area contributed by atoms with Crippen molar-refractivity contribution in [3.63, 3.8) is 0 Å². The summed E-state index contributed by atoms with van der Waals surface area (Å²) in [6.07, 6.45) is 7.82. The molecule has 1 atom stereocenters. The van der Waals surface area contributed by atoms with Crippen LogP contribution in [-0.2, 0) is 4.79 Å². The lowest BCUT2D eigenvalue weighted by Gasteiger charge is -2.15. The largest absolute Gasteiger partial charge is 0.481 e. The van der Waals surface area contributed by atoms with Gasteiger partial charge in [-0.2, -0.15) is 0 Å². The van der Waals surface area contributed by atoms with Crippen LogP contribution in [0.15, 0.2) is 30.3 Å². The minimum Gasteiger partial charge on any atom is -0.481 e. The Balaban J connectivity index is 2.19. The SMILES string of the molecule is CCC(C(=O)O)c1ccc(C2=CCCCC2)cc1. The molecule has 18 heavy (non-hydrogen) atoms. The van der Waals surface area contributed by atoms with Crippen molar-refractivity contribution in [3.05, 3.63) is 41.5 Å². The van der Waals surface area contributed by atoms with Crippen molar-refractivity contribution in [2.24, 2.45) is 0 Å². The van der Waals surface area contributed by atoms with Crippen LogP contribution in [0.3, 0.4) is 0 Å². The summed E-state index contributed by atoms with van der Waals surface area (Å²) < 4.78 is 0. The van der Waals surface area contributed by atoms with E-state index in [-0.39, 0.29) is 5.92 Å². The Morgan fingerprint density at radius 3 is 2.50 bits per heavy atom. The summed E-state index contributed by atoms with van der Waals surface area (Å²) in [6.45, 7) is 1.91. The van der Waals surface area contributed by atoms with Crippen LogP contribution in [0.4, 0.5) is 0 Å². The van der Waals surface area contributed by atoms with E-state index < -0.39 is 5.97 Å². The van der Waals surface area contributed by atoms with Crippen LogP contribution in [0, 0.1) is 0 Å². The van der Waals surface area contributed by atoms with Gasteiger partial charge < -0.3 is 5.11 Å². The molecule has 96 valence electrons. The molecule has 0 amide bonds. The number of carboxylic acid groups (broad SMARTS) is 1. The second kappa shape index (κ2) is 5.85. The minimum absolute atomic E-state index is 0.376. The van der Waals surface area contributed by atoms with E-state index in [1.807, 2.05) is 19.1 Å². The van der Waals surface area contributed by atoms with Crippen LogP contribution in [-0.4, -0.2) is 11.1 Å². The molecule has 2 rings (SSSR count). The van der Waals surface area contributed by atoms with Crippen molar-refractivity contribution < 1.29 is 9.90 Å². The van der Waals surface area contributed by atoms with Crippen LogP contribution in [0.25, 0.3) is 5.57 Å². The van der Waals surface area contributed by atoms with Crippen molar-refractivity contribution >= 4 is 11.5 Å². The highest BCUT2D eigenvalue weighted by Gasteiger charge is 2.17. The van der Waals surface area contributed by atoms with Crippen molar-refractivity contribution in [1.82, 2.24) is 0 Å². The predicted octanol–water partition coefficient (Wildman–Crippen LogP) is 4.22. The van der Waals surface area contributed by atoms with Crippen molar-refractivity contribution in [2.45, 2.75) is 44.9 Å². The Morgan fingerprint density at radius 1 is 1.28 bits per heavy atom. The van der Waals surface area contributed by atoms with Gasteiger partial charge in [0.05, 0.1) is 5.92 Å². The molecule has 0 aromatic heterocycles. The first-order valence-corrected chi connectivity index (χ1v) is 6.74. The van der Waals surface area contributed by atoms with Gasteiger partial charge in [0.25, 0.3) is 0 Å². The fraction of sp³-hybridized carbons (Fsp3) is 0.438. The average molecular weight is 244 g/mol. The van der Waals surface area contributed by atoms with E-state index in [2.05, 4.69) is 18.2 Å². The molecule has 2 heteroatoms. The fourth-order valence-corrected chi connectivity index (χ4v) is 2.58. The molecule has 0 saturated carbocycles. The van der Waals surface area contributed by atoms with Crippen LogP contribution in [0.1, 0.15) is 56.1 Å². The first kappa shape index (κ1) is 12.9. The Hall–Kier alpha value is -1.57. The number of allylic oxidation sites excluding steroid dienone is 2. The zero-order valence-corrected chi connectivity index (χ0v) is 10.9. The molecule has 1 aromatic rings. The van der Waals surface area contributed by atoms with E-state index in [4.69, 9.17) is 5.11 Å². The molecule has 1 aliphatic carbocycles. The maximum atomic E-state index is 11.1. The van der Waals surface area contributed by atoms with Crippen LogP contribution in [0.5, 0.6) is 0 Å². The van der Waals surface area contributed by atoms with Gasteiger partial charge in [-0.25, -0.2) is 0 Å². The highest BCUT2D eigenvalue weighted by Crippen LogP contribution is 2.28. The van der Waals surface area contributed by atoms with E-state index in [0.29, 0.717) is 6.42 Å². The molecule has 0 aliphatic heterocycles. The fourth-order valence-electron chi connectivity index (χ4n) is 2.58. The lowest BCUT2D eigenvalue weighted by Crippen LogP contribution is -2.10. The van der Waals surface area contributed by atoms with E-state index in [1.165, 1.54) is 30.4 Å². The van der Waals surface area contributed by atoms with Crippen LogP contribution < -0.4 is 0 Å². The average Bonchev–Trinajstić information content (AvgIpc) is 2.41. The number of hydrogen-bond donors (Lipinski definition) is 1. The van der Waals surface area contributed by atoms with E-state index in [1.54, 1.807) is 0 Å². The molecule has 0 bridgehead atoms. The summed E-state index contributed by atoms with van der Waals surface area (Å²) in [5.41, 5.74) is 3.57. The molecule has 1 aliphatic rings. The molecule has 0 saturated heterocycles. The number of carboxylic acids is 1. The highest BCUT2D eigenvalue weighted by atomic mass is 16.4. The first-order chi connectivity index (χ1) is 8.72. The normalized spacial score (nSPS) is 17.1. The van der Waals surface area contributed by atoms with Gasteiger partial charge in [-0.3, -0.25) is 4.79 Å². The Kier molecular flexibility index (Phi) is 4.19. The molecule has 0 radical (unpaired) electrons. The molecular formula is C16H20O2. The maximum Gasteiger partial charge on any atom is 0.310 e. The third kappa shape index (κ3) is 2.81. The van der Waals surface area contributed by atoms with E-state index >= 15 is 0 Å². The summed E-state index contributed by atoms with van der Waals surface area (Å²) in [5, 5.41) is 9.13. The third-order valence-electron chi connectivity index (χ3n) is 3.68. The molecule has 1 N–H and O–H groups in total. The summed E-state index contributed by atoms with van der Waals surface area (Å²) in [4.78, 5) is 11.1. The summed E-state index contributed by atoms with van der Waals surface area (Å²) in [7, 11) is 0. The molecule has 1 unspecified atom stereocenters. The van der Waals surface area contributed by atoms with Crippen molar-refractivity contribution in [1.29, 1.82) is 0 Å². The zero-order chi connectivity index (χ0) is 13.0. The molecular weight excluding hydrogens is 224 g/mol. The molecule has 1 aromatic carbocycles. The Labute approximate surface area is 108 Å². The third-order valence-corrected chi connectivity index (χ3v) is 3.68. The van der Waals surface area contributed by atoms with Gasteiger partial charge in [-0.15, -0.1) is 0 Å². The van der Waals surface area contributed by atoms with Gasteiger partial charge in [0.2, 0.25) is 0 Å². The number of aliphatic carboxylic acids is 1. The number of rotatable bonds is 4. The predicted molar refractivity (Wildman–Crippen MR) is 73.6 cm³/mol.